The number of rotatable bonds is 20. The first kappa shape index (κ1) is 78.7. The van der Waals surface area contributed by atoms with Crippen LogP contribution in [-0.2, 0) is 7.05 Å². The summed E-state index contributed by atoms with van der Waals surface area (Å²) in [5, 5.41) is 36.6. The van der Waals surface area contributed by atoms with Crippen LogP contribution in [0, 0.1) is 96.9 Å². The van der Waals surface area contributed by atoms with E-state index in [4.69, 9.17) is 27.4 Å². The zero-order valence-corrected chi connectivity index (χ0v) is 67.9. The quantitative estimate of drug-likeness (QED) is 0.0693. The van der Waals surface area contributed by atoms with Gasteiger partial charge in [-0.1, -0.05) is 109 Å². The highest BCUT2D eigenvalue weighted by atomic mass is 16.5. The van der Waals surface area contributed by atoms with Gasteiger partial charge in [-0.3, -0.25) is 4.68 Å². The molecule has 0 saturated heterocycles. The van der Waals surface area contributed by atoms with Crippen molar-refractivity contribution in [2.24, 2.45) is 7.05 Å². The van der Waals surface area contributed by atoms with Gasteiger partial charge in [-0.05, 0) is 272 Å². The molecule has 7 aromatic heterocycles. The van der Waals surface area contributed by atoms with Gasteiger partial charge in [0.05, 0.1) is 59.9 Å². The zero-order valence-electron chi connectivity index (χ0n) is 67.9. The van der Waals surface area contributed by atoms with Crippen LogP contribution in [0.4, 0.5) is 45.5 Å². The normalized spacial score (nSPS) is 11.0. The largest absolute Gasteiger partial charge is 0.497 e. The third-order valence-electron chi connectivity index (χ3n) is 20.4. The minimum atomic E-state index is 0.840. The molecule has 0 saturated carbocycles. The van der Waals surface area contributed by atoms with Crippen LogP contribution in [0.5, 0.6) is 5.75 Å². The van der Waals surface area contributed by atoms with Gasteiger partial charge in [0.25, 0.3) is 0 Å². The Morgan fingerprint density at radius 3 is 0.884 bits per heavy atom. The highest BCUT2D eigenvalue weighted by molar-refractivity contribution is 5.82. The molecule has 0 radical (unpaired) electrons. The van der Waals surface area contributed by atoms with E-state index < -0.39 is 0 Å². The van der Waals surface area contributed by atoms with Gasteiger partial charge in [-0.15, -0.1) is 10.2 Å². The smallest absolute Gasteiger partial charge is 0.141 e. The lowest BCUT2D eigenvalue weighted by Crippen LogP contribution is -2.17. The fourth-order valence-corrected chi connectivity index (χ4v) is 14.7. The second kappa shape index (κ2) is 34.8. The van der Waals surface area contributed by atoms with Crippen molar-refractivity contribution in [3.63, 3.8) is 0 Å². The molecule has 8 aromatic carbocycles. The van der Waals surface area contributed by atoms with Gasteiger partial charge in [0.15, 0.2) is 0 Å². The first-order valence-electron chi connectivity index (χ1n) is 37.9. The molecule has 0 aliphatic carbocycles. The van der Waals surface area contributed by atoms with Gasteiger partial charge < -0.3 is 47.0 Å². The molecule has 0 amide bonds. The van der Waals surface area contributed by atoms with Gasteiger partial charge in [-0.25, -0.2) is 4.68 Å². The standard InChI is InChI=1S/C25H27N3O2.C23H25N5O.C22H23N5O.C21H24N2O2/c1-7-28(22-12-10-20(11-13-22)24-16(3)26-29-18(24)5)23-14-21(9-8-15(23)2)25-17(4)27-30-19(25)6;1-6-28(20-11-9-18(10-12-20)21-14-27(5)26-24-21)22-13-19(8-7-15(22)2)23-16(3)25-29-17(23)4;1-5-26(19-8-10-20(11-9-19)27-13-12-23-25-27)21-14-18(7-6-15(21)2)22-16(3)24-28-17(22)4;1-6-23(18-9-11-19(24-5)12-10-18)20-13-17(8-7-14(20)2)21-15(3)22-25-16(21)4/h8-14H,7H2,1-6H3;7-14H,6H2,1-5H3;6-14H,5H2,1-4H3;7-13H,6H2,1-5H3. The van der Waals surface area contributed by atoms with E-state index in [1.807, 2.05) is 101 Å². The molecule has 21 nitrogen and oxygen atoms in total. The van der Waals surface area contributed by atoms with Crippen molar-refractivity contribution in [3.8, 4) is 78.3 Å². The Kier molecular flexibility index (Phi) is 24.4. The fraction of sp³-hybridized carbons (Fsp3) is 0.264. The van der Waals surface area contributed by atoms with Gasteiger partial charge in [0.2, 0.25) is 0 Å². The predicted octanol–water partition coefficient (Wildman–Crippen LogP) is 22.4. The molecule has 574 valence electrons. The zero-order chi connectivity index (χ0) is 79.6. The van der Waals surface area contributed by atoms with E-state index in [1.54, 1.807) is 22.7 Å². The maximum absolute atomic E-state index is 5.38. The summed E-state index contributed by atoms with van der Waals surface area (Å²) < 4.78 is 35.5. The summed E-state index contributed by atoms with van der Waals surface area (Å²) in [5.41, 5.74) is 32.6. The number of nitrogens with zero attached hydrogens (tertiary/aromatic N) is 15. The van der Waals surface area contributed by atoms with E-state index in [0.29, 0.717) is 0 Å². The van der Waals surface area contributed by atoms with E-state index in [-0.39, 0.29) is 0 Å². The monoisotopic (exact) mass is 1500 g/mol. The number of aryl methyl sites for hydroxylation is 15. The maximum Gasteiger partial charge on any atom is 0.141 e. The summed E-state index contributed by atoms with van der Waals surface area (Å²) >= 11 is 0. The molecular formula is C91H99N15O6. The Labute approximate surface area is 656 Å². The van der Waals surface area contributed by atoms with Crippen molar-refractivity contribution >= 4 is 45.5 Å². The van der Waals surface area contributed by atoms with Crippen LogP contribution in [0.2, 0.25) is 0 Å². The Balaban J connectivity index is 0.000000139. The van der Waals surface area contributed by atoms with Crippen molar-refractivity contribution in [2.45, 2.75) is 125 Å². The van der Waals surface area contributed by atoms with Crippen molar-refractivity contribution in [3.05, 3.63) is 268 Å². The number of benzene rings is 8. The van der Waals surface area contributed by atoms with Crippen LogP contribution in [0.15, 0.2) is 211 Å². The first-order chi connectivity index (χ1) is 54.0. The van der Waals surface area contributed by atoms with Crippen LogP contribution < -0.4 is 24.3 Å². The number of hydrogen-bond acceptors (Lipinski definition) is 19. The van der Waals surface area contributed by atoms with E-state index in [0.717, 1.165) is 185 Å². The molecular weight excluding hydrogens is 1400 g/mol. The average Bonchev–Trinajstić information content (AvgIpc) is 1.83. The van der Waals surface area contributed by atoms with Crippen LogP contribution in [0.1, 0.15) is 107 Å². The van der Waals surface area contributed by atoms with Gasteiger partial charge in [-0.2, -0.15) is 0 Å². The molecule has 7 heterocycles. The SMILES string of the molecule is CCN(c1ccc(-c2c(C)noc2C)cc1)c1cc(-c2c(C)noc2C)ccc1C.CCN(c1ccc(-c2cn(C)nn2)cc1)c1cc(-c2c(C)noc2C)ccc1C.CCN(c1ccc(-n2ccnn2)cc1)c1cc(-c2c(C)noc2C)ccc1C.CCN(c1ccc(OC)cc1)c1cc(-c2c(C)noc2C)ccc1C. The summed E-state index contributed by atoms with van der Waals surface area (Å²) in [6.45, 7) is 40.3. The molecule has 0 aliphatic rings. The van der Waals surface area contributed by atoms with Crippen LogP contribution in [-0.4, -0.2) is 89.1 Å². The van der Waals surface area contributed by atoms with E-state index in [1.165, 1.54) is 45.0 Å². The lowest BCUT2D eigenvalue weighted by Gasteiger charge is -2.26. The highest BCUT2D eigenvalue weighted by Crippen LogP contribution is 2.41. The van der Waals surface area contributed by atoms with Crippen LogP contribution in [0.25, 0.3) is 72.6 Å². The minimum absolute atomic E-state index is 0.840. The Hall–Kier alpha value is -12.9. The fourth-order valence-electron chi connectivity index (χ4n) is 14.7. The molecule has 15 aromatic rings. The van der Waals surface area contributed by atoms with Crippen molar-refractivity contribution < 1.29 is 27.4 Å². The Bertz CT molecular complexity index is 5570. The number of methoxy groups -OCH3 is 1. The van der Waals surface area contributed by atoms with E-state index in [9.17, 15) is 0 Å². The molecule has 15 rings (SSSR count). The number of anilines is 8. The summed E-state index contributed by atoms with van der Waals surface area (Å²) in [6.07, 6.45) is 5.43. The maximum atomic E-state index is 5.38. The van der Waals surface area contributed by atoms with E-state index in [2.05, 4.69) is 279 Å². The average molecular weight is 1500 g/mol. The van der Waals surface area contributed by atoms with Gasteiger partial charge >= 0.3 is 0 Å². The predicted molar refractivity (Wildman–Crippen MR) is 448 cm³/mol. The Morgan fingerprint density at radius 1 is 0.339 bits per heavy atom. The van der Waals surface area contributed by atoms with Crippen molar-refractivity contribution in [1.82, 2.24) is 55.8 Å². The minimum Gasteiger partial charge on any atom is -0.497 e. The summed E-state index contributed by atoms with van der Waals surface area (Å²) in [4.78, 5) is 9.25. The lowest BCUT2D eigenvalue weighted by atomic mass is 10.00. The highest BCUT2D eigenvalue weighted by Gasteiger charge is 2.23. The molecule has 0 fully saturated rings. The molecule has 0 atom stereocenters. The first-order valence-corrected chi connectivity index (χ1v) is 37.9. The summed E-state index contributed by atoms with van der Waals surface area (Å²) in [7, 11) is 3.56. The number of aromatic nitrogens is 11. The topological polar surface area (TPSA) is 214 Å². The van der Waals surface area contributed by atoms with E-state index >= 15 is 0 Å². The molecule has 0 N–H and O–H groups in total. The molecule has 0 unspecified atom stereocenters. The van der Waals surface area contributed by atoms with Gasteiger partial charge in [0.1, 0.15) is 40.2 Å². The third-order valence-corrected chi connectivity index (χ3v) is 20.4. The number of hydrogen-bond donors (Lipinski definition) is 0. The molecule has 0 aliphatic heterocycles. The molecule has 21 heteroatoms. The Morgan fingerprint density at radius 2 is 0.625 bits per heavy atom. The summed E-state index contributed by atoms with van der Waals surface area (Å²) in [5.74, 6) is 5.08. The summed E-state index contributed by atoms with van der Waals surface area (Å²) in [6, 6.07) is 59.6. The van der Waals surface area contributed by atoms with Crippen LogP contribution in [0.3, 0.4) is 0 Å². The lowest BCUT2D eigenvalue weighted by molar-refractivity contribution is 0.393. The number of ether oxygens (including phenoxy) is 1. The van der Waals surface area contributed by atoms with Crippen LogP contribution >= 0.6 is 0 Å². The molecule has 0 bridgehead atoms. The van der Waals surface area contributed by atoms with Crippen molar-refractivity contribution in [2.75, 3.05) is 52.9 Å². The van der Waals surface area contributed by atoms with Gasteiger partial charge in [0, 0.05) is 112 Å². The van der Waals surface area contributed by atoms with Crippen molar-refractivity contribution in [1.29, 1.82) is 0 Å². The second-order valence-electron chi connectivity index (χ2n) is 27.9. The molecule has 112 heavy (non-hydrogen) atoms. The third kappa shape index (κ3) is 16.9. The molecule has 0 spiro atoms. The second-order valence-corrected chi connectivity index (χ2v) is 27.9.